The Labute approximate surface area is 140 Å². The first-order chi connectivity index (χ1) is 11.1. The molecule has 0 spiro atoms. The Bertz CT molecular complexity index is 724. The number of anilines is 2. The minimum atomic E-state index is -0.122. The quantitative estimate of drug-likeness (QED) is 0.887. The lowest BCUT2D eigenvalue weighted by Crippen LogP contribution is -2.18. The summed E-state index contributed by atoms with van der Waals surface area (Å²) in [5.74, 6) is 1.31. The smallest absolute Gasteiger partial charge is 0.258 e. The van der Waals surface area contributed by atoms with E-state index in [0.29, 0.717) is 16.3 Å². The zero-order valence-electron chi connectivity index (χ0n) is 13.5. The summed E-state index contributed by atoms with van der Waals surface area (Å²) in [6.45, 7) is 2.23. The van der Waals surface area contributed by atoms with E-state index in [4.69, 9.17) is 10.5 Å². The fourth-order valence-electron chi connectivity index (χ4n) is 3.17. The third-order valence-electron chi connectivity index (χ3n) is 4.53. The van der Waals surface area contributed by atoms with Gasteiger partial charge in [0.25, 0.3) is 5.91 Å². The van der Waals surface area contributed by atoms with Crippen molar-refractivity contribution in [1.29, 1.82) is 0 Å². The van der Waals surface area contributed by atoms with Crippen LogP contribution < -0.4 is 15.8 Å². The molecule has 0 saturated heterocycles. The number of ether oxygens (including phenoxy) is 1. The maximum absolute atomic E-state index is 12.7. The SMILES string of the molecule is CCC1CCc2c(sc(N)c2C(=O)Nc2cccc(OC)c2)C1. The van der Waals surface area contributed by atoms with Crippen LogP contribution in [0.15, 0.2) is 24.3 Å². The largest absolute Gasteiger partial charge is 0.497 e. The summed E-state index contributed by atoms with van der Waals surface area (Å²) in [5.41, 5.74) is 8.69. The number of nitrogen functional groups attached to an aromatic ring is 1. The molecule has 1 atom stereocenters. The first-order valence-corrected chi connectivity index (χ1v) is 8.79. The third-order valence-corrected chi connectivity index (χ3v) is 5.61. The average Bonchev–Trinajstić information content (AvgIpc) is 2.89. The maximum Gasteiger partial charge on any atom is 0.258 e. The van der Waals surface area contributed by atoms with Crippen molar-refractivity contribution in [2.45, 2.75) is 32.6 Å². The van der Waals surface area contributed by atoms with Gasteiger partial charge in [-0.25, -0.2) is 0 Å². The Kier molecular flexibility index (Phi) is 4.57. The highest BCUT2D eigenvalue weighted by Crippen LogP contribution is 2.39. The van der Waals surface area contributed by atoms with Crippen LogP contribution in [0.4, 0.5) is 10.7 Å². The van der Waals surface area contributed by atoms with E-state index in [1.165, 1.54) is 11.3 Å². The second kappa shape index (κ2) is 6.62. The lowest BCUT2D eigenvalue weighted by molar-refractivity contribution is 0.102. The zero-order chi connectivity index (χ0) is 16.4. The predicted octanol–water partition coefficient (Wildman–Crippen LogP) is 4.11. The normalized spacial score (nSPS) is 16.7. The molecule has 23 heavy (non-hydrogen) atoms. The number of carbonyl (C=O) groups is 1. The molecule has 1 aliphatic rings. The highest BCUT2D eigenvalue weighted by Gasteiger charge is 2.27. The molecular formula is C18H22N2O2S. The Morgan fingerprint density at radius 1 is 1.48 bits per heavy atom. The monoisotopic (exact) mass is 330 g/mol. The van der Waals surface area contributed by atoms with Crippen molar-refractivity contribution in [2.75, 3.05) is 18.2 Å². The molecule has 3 rings (SSSR count). The molecule has 1 aliphatic carbocycles. The van der Waals surface area contributed by atoms with Gasteiger partial charge in [0.15, 0.2) is 0 Å². The lowest BCUT2D eigenvalue weighted by atomic mass is 9.85. The van der Waals surface area contributed by atoms with Crippen molar-refractivity contribution in [2.24, 2.45) is 5.92 Å². The van der Waals surface area contributed by atoms with Crippen LogP contribution in [0.2, 0.25) is 0 Å². The number of nitrogens with two attached hydrogens (primary N) is 1. The average molecular weight is 330 g/mol. The lowest BCUT2D eigenvalue weighted by Gasteiger charge is -2.21. The third kappa shape index (κ3) is 3.20. The van der Waals surface area contributed by atoms with Gasteiger partial charge in [-0.15, -0.1) is 11.3 Å². The molecule has 122 valence electrons. The highest BCUT2D eigenvalue weighted by molar-refractivity contribution is 7.16. The van der Waals surface area contributed by atoms with E-state index in [-0.39, 0.29) is 5.91 Å². The fourth-order valence-corrected chi connectivity index (χ4v) is 4.40. The van der Waals surface area contributed by atoms with Crippen LogP contribution in [0, 0.1) is 5.92 Å². The molecule has 0 bridgehead atoms. The molecule has 0 aliphatic heterocycles. The topological polar surface area (TPSA) is 64.4 Å². The van der Waals surface area contributed by atoms with Crippen molar-refractivity contribution in [3.63, 3.8) is 0 Å². The number of thiophene rings is 1. The second-order valence-corrected chi connectivity index (χ2v) is 7.08. The molecule has 1 aromatic heterocycles. The summed E-state index contributed by atoms with van der Waals surface area (Å²) >= 11 is 1.57. The van der Waals surface area contributed by atoms with E-state index in [0.717, 1.165) is 36.4 Å². The van der Waals surface area contributed by atoms with Crippen molar-refractivity contribution in [1.82, 2.24) is 0 Å². The van der Waals surface area contributed by atoms with Crippen molar-refractivity contribution in [3.05, 3.63) is 40.3 Å². The molecule has 5 heteroatoms. The molecule has 0 fully saturated rings. The Morgan fingerprint density at radius 2 is 2.30 bits per heavy atom. The van der Waals surface area contributed by atoms with Crippen LogP contribution in [-0.2, 0) is 12.8 Å². The number of carbonyl (C=O) groups excluding carboxylic acids is 1. The van der Waals surface area contributed by atoms with E-state index in [1.54, 1.807) is 24.5 Å². The molecule has 1 heterocycles. The molecule has 1 amide bonds. The Morgan fingerprint density at radius 3 is 3.04 bits per heavy atom. The molecule has 1 unspecified atom stereocenters. The van der Waals surface area contributed by atoms with Gasteiger partial charge in [-0.05, 0) is 42.9 Å². The van der Waals surface area contributed by atoms with E-state index in [2.05, 4.69) is 12.2 Å². The molecule has 4 nitrogen and oxygen atoms in total. The van der Waals surface area contributed by atoms with Gasteiger partial charge in [0, 0.05) is 16.6 Å². The highest BCUT2D eigenvalue weighted by atomic mass is 32.1. The van der Waals surface area contributed by atoms with Crippen LogP contribution in [0.5, 0.6) is 5.75 Å². The number of hydrogen-bond acceptors (Lipinski definition) is 4. The van der Waals surface area contributed by atoms with E-state index < -0.39 is 0 Å². The Balaban J connectivity index is 1.84. The summed E-state index contributed by atoms with van der Waals surface area (Å²) in [7, 11) is 1.61. The first kappa shape index (κ1) is 15.9. The maximum atomic E-state index is 12.7. The summed E-state index contributed by atoms with van der Waals surface area (Å²) in [6.07, 6.45) is 4.32. The number of nitrogens with one attached hydrogen (secondary N) is 1. The van der Waals surface area contributed by atoms with Gasteiger partial charge < -0.3 is 15.8 Å². The summed E-state index contributed by atoms with van der Waals surface area (Å²) in [6, 6.07) is 7.36. The van der Waals surface area contributed by atoms with Gasteiger partial charge >= 0.3 is 0 Å². The van der Waals surface area contributed by atoms with Crippen LogP contribution >= 0.6 is 11.3 Å². The molecule has 2 aromatic rings. The van der Waals surface area contributed by atoms with Gasteiger partial charge in [-0.1, -0.05) is 19.4 Å². The van der Waals surface area contributed by atoms with E-state index in [1.807, 2.05) is 18.2 Å². The molecule has 0 saturated carbocycles. The first-order valence-electron chi connectivity index (χ1n) is 7.97. The Hall–Kier alpha value is -2.01. The zero-order valence-corrected chi connectivity index (χ0v) is 14.3. The van der Waals surface area contributed by atoms with Crippen molar-refractivity contribution < 1.29 is 9.53 Å². The predicted molar refractivity (Wildman–Crippen MR) is 95.5 cm³/mol. The second-order valence-electron chi connectivity index (χ2n) is 5.95. The number of fused-ring (bicyclic) bond motifs is 1. The van der Waals surface area contributed by atoms with Crippen LogP contribution in [0.3, 0.4) is 0 Å². The molecule has 0 radical (unpaired) electrons. The number of benzene rings is 1. The van der Waals surface area contributed by atoms with Gasteiger partial charge in [0.05, 0.1) is 17.7 Å². The van der Waals surface area contributed by atoms with Gasteiger partial charge in [0.1, 0.15) is 5.75 Å². The number of hydrogen-bond donors (Lipinski definition) is 2. The van der Waals surface area contributed by atoms with Crippen LogP contribution in [-0.4, -0.2) is 13.0 Å². The number of rotatable bonds is 4. The van der Waals surface area contributed by atoms with Gasteiger partial charge in [0.2, 0.25) is 0 Å². The molecular weight excluding hydrogens is 308 g/mol. The van der Waals surface area contributed by atoms with Gasteiger partial charge in [-0.3, -0.25) is 4.79 Å². The van der Waals surface area contributed by atoms with Crippen LogP contribution in [0.1, 0.15) is 40.6 Å². The van der Waals surface area contributed by atoms with Gasteiger partial charge in [-0.2, -0.15) is 0 Å². The molecule has 1 aromatic carbocycles. The van der Waals surface area contributed by atoms with E-state index >= 15 is 0 Å². The summed E-state index contributed by atoms with van der Waals surface area (Å²) in [4.78, 5) is 14.0. The van der Waals surface area contributed by atoms with Crippen LogP contribution in [0.25, 0.3) is 0 Å². The van der Waals surface area contributed by atoms with Crippen molar-refractivity contribution in [3.8, 4) is 5.75 Å². The van der Waals surface area contributed by atoms with E-state index in [9.17, 15) is 4.79 Å². The number of amides is 1. The fraction of sp³-hybridized carbons (Fsp3) is 0.389. The summed E-state index contributed by atoms with van der Waals surface area (Å²) in [5, 5.41) is 3.57. The molecule has 3 N–H and O–H groups in total. The number of methoxy groups -OCH3 is 1. The van der Waals surface area contributed by atoms with Crippen molar-refractivity contribution >= 4 is 27.9 Å². The summed E-state index contributed by atoms with van der Waals surface area (Å²) < 4.78 is 5.19. The standard InChI is InChI=1S/C18H22N2O2S/c1-3-11-7-8-14-15(9-11)23-17(19)16(14)18(21)20-12-5-4-6-13(10-12)22-2/h4-6,10-11H,3,7-9,19H2,1-2H3,(H,20,21). The minimum absolute atomic E-state index is 0.122. The minimum Gasteiger partial charge on any atom is -0.497 e.